The summed E-state index contributed by atoms with van der Waals surface area (Å²) in [6.07, 6.45) is -3.99. The van der Waals surface area contributed by atoms with Gasteiger partial charge in [-0.25, -0.2) is 0 Å². The van der Waals surface area contributed by atoms with Crippen molar-refractivity contribution in [3.05, 3.63) is 81.1 Å². The molecule has 6 heteroatoms. The predicted octanol–water partition coefficient (Wildman–Crippen LogP) is 5.13. The fourth-order valence-corrected chi connectivity index (χ4v) is 3.39. The van der Waals surface area contributed by atoms with Gasteiger partial charge in [0.05, 0.1) is 17.0 Å². The largest absolute Gasteiger partial charge is 0.416 e. The number of nitrogens with one attached hydrogen (secondary N) is 1. The lowest BCUT2D eigenvalue weighted by molar-refractivity contribution is -0.138. The maximum atomic E-state index is 13.3. The van der Waals surface area contributed by atoms with Crippen LogP contribution in [0.3, 0.4) is 0 Å². The smallest absolute Gasteiger partial charge is 0.322 e. The van der Waals surface area contributed by atoms with Gasteiger partial charge in [-0.15, -0.1) is 0 Å². The number of halogens is 3. The number of aromatic nitrogens is 1. The van der Waals surface area contributed by atoms with Gasteiger partial charge in [-0.05, 0) is 54.5 Å². The molecule has 3 rings (SSSR count). The van der Waals surface area contributed by atoms with E-state index in [-0.39, 0.29) is 17.5 Å². The van der Waals surface area contributed by atoms with Crippen LogP contribution in [0.5, 0.6) is 0 Å². The summed E-state index contributed by atoms with van der Waals surface area (Å²) in [4.78, 5) is 14.9. The van der Waals surface area contributed by atoms with Crippen LogP contribution < -0.4 is 5.56 Å². The second-order valence-electron chi connectivity index (χ2n) is 7.05. The van der Waals surface area contributed by atoms with Crippen LogP contribution in [0.4, 0.5) is 13.2 Å². The second-order valence-corrected chi connectivity index (χ2v) is 7.05. The number of nitriles is 1. The highest BCUT2D eigenvalue weighted by Gasteiger charge is 2.36. The van der Waals surface area contributed by atoms with Crippen molar-refractivity contribution in [1.82, 2.24) is 4.98 Å². The van der Waals surface area contributed by atoms with E-state index in [1.165, 1.54) is 18.2 Å². The molecule has 0 aliphatic heterocycles. The minimum absolute atomic E-state index is 0.0639. The molecule has 1 heterocycles. The van der Waals surface area contributed by atoms with Crippen LogP contribution in [0.15, 0.2) is 53.3 Å². The van der Waals surface area contributed by atoms with Crippen LogP contribution in [-0.4, -0.2) is 4.98 Å². The lowest BCUT2D eigenvalue weighted by Crippen LogP contribution is -2.25. The van der Waals surface area contributed by atoms with Gasteiger partial charge in [0.25, 0.3) is 5.56 Å². The van der Waals surface area contributed by atoms with E-state index in [0.29, 0.717) is 23.1 Å². The Morgan fingerprint density at radius 2 is 1.79 bits per heavy atom. The molecule has 0 saturated carbocycles. The zero-order chi connectivity index (χ0) is 20.5. The van der Waals surface area contributed by atoms with Crippen LogP contribution in [-0.2, 0) is 24.4 Å². The highest BCUT2D eigenvalue weighted by atomic mass is 19.4. The summed E-state index contributed by atoms with van der Waals surface area (Å²) in [5.74, 6) is 0. The van der Waals surface area contributed by atoms with Crippen LogP contribution in [0.25, 0.3) is 10.9 Å². The van der Waals surface area contributed by atoms with E-state index >= 15 is 0 Å². The molecule has 0 bridgehead atoms. The summed E-state index contributed by atoms with van der Waals surface area (Å²) in [7, 11) is 0. The molecule has 0 fully saturated rings. The normalized spacial score (nSPS) is 13.9. The molecular formula is C22H19F3N2O. The van der Waals surface area contributed by atoms with Crippen molar-refractivity contribution in [2.75, 3.05) is 0 Å². The van der Waals surface area contributed by atoms with E-state index in [0.717, 1.165) is 11.5 Å². The highest BCUT2D eigenvalue weighted by molar-refractivity contribution is 5.80. The number of benzene rings is 2. The topological polar surface area (TPSA) is 56.6 Å². The Bertz CT molecular complexity index is 1130. The standard InChI is InChI=1S/C22H19F3N2O/c1-3-14-10-15-8-9-17(11-19(15)27-20(14)28)21(2,13-26)12-16-6-4-5-7-18(16)22(23,24)25/h4-11H,3,12H2,1-2H3,(H,27,28). The maximum Gasteiger partial charge on any atom is 0.416 e. The molecule has 1 unspecified atom stereocenters. The molecular weight excluding hydrogens is 365 g/mol. The number of aryl methyl sites for hydroxylation is 1. The number of pyridine rings is 1. The summed E-state index contributed by atoms with van der Waals surface area (Å²) in [5.41, 5.74) is -0.289. The van der Waals surface area contributed by atoms with Gasteiger partial charge in [-0.2, -0.15) is 18.4 Å². The summed E-state index contributed by atoms with van der Waals surface area (Å²) >= 11 is 0. The molecule has 0 saturated heterocycles. The van der Waals surface area contributed by atoms with Crippen molar-refractivity contribution in [3.63, 3.8) is 0 Å². The maximum absolute atomic E-state index is 13.3. The van der Waals surface area contributed by atoms with Gasteiger partial charge in [-0.1, -0.05) is 37.3 Å². The molecule has 0 spiro atoms. The molecule has 1 aromatic heterocycles. The van der Waals surface area contributed by atoms with E-state index in [2.05, 4.69) is 11.1 Å². The molecule has 0 amide bonds. The van der Waals surface area contributed by atoms with Crippen molar-refractivity contribution >= 4 is 10.9 Å². The van der Waals surface area contributed by atoms with Crippen molar-refractivity contribution in [2.24, 2.45) is 0 Å². The number of rotatable bonds is 4. The molecule has 28 heavy (non-hydrogen) atoms. The fraction of sp³-hybridized carbons (Fsp3) is 0.273. The molecule has 0 aliphatic rings. The van der Waals surface area contributed by atoms with Gasteiger partial charge in [0.1, 0.15) is 0 Å². The van der Waals surface area contributed by atoms with Gasteiger partial charge >= 0.3 is 6.18 Å². The zero-order valence-corrected chi connectivity index (χ0v) is 15.5. The Morgan fingerprint density at radius 3 is 2.43 bits per heavy atom. The van der Waals surface area contributed by atoms with Crippen molar-refractivity contribution in [1.29, 1.82) is 5.26 Å². The molecule has 2 aromatic carbocycles. The number of nitrogens with zero attached hydrogens (tertiary/aromatic N) is 1. The quantitative estimate of drug-likeness (QED) is 0.678. The Hall–Kier alpha value is -3.07. The van der Waals surface area contributed by atoms with E-state index < -0.39 is 17.2 Å². The lowest BCUT2D eigenvalue weighted by Gasteiger charge is -2.24. The molecule has 0 radical (unpaired) electrons. The summed E-state index contributed by atoms with van der Waals surface area (Å²) in [6, 6.07) is 14.4. The monoisotopic (exact) mass is 384 g/mol. The molecule has 3 aromatic rings. The average molecular weight is 384 g/mol. The van der Waals surface area contributed by atoms with Crippen molar-refractivity contribution < 1.29 is 13.2 Å². The average Bonchev–Trinajstić information content (AvgIpc) is 2.66. The van der Waals surface area contributed by atoms with Crippen molar-refractivity contribution in [2.45, 2.75) is 38.3 Å². The van der Waals surface area contributed by atoms with Gasteiger partial charge in [0, 0.05) is 11.1 Å². The van der Waals surface area contributed by atoms with E-state index in [1.807, 2.05) is 6.92 Å². The second kappa shape index (κ2) is 7.16. The van der Waals surface area contributed by atoms with Crippen LogP contribution in [0, 0.1) is 11.3 Å². The number of hydrogen-bond acceptors (Lipinski definition) is 2. The number of alkyl halides is 3. The van der Waals surface area contributed by atoms with Gasteiger partial charge < -0.3 is 4.98 Å². The Balaban J connectivity index is 2.08. The highest BCUT2D eigenvalue weighted by Crippen LogP contribution is 2.36. The van der Waals surface area contributed by atoms with Crippen LogP contribution in [0.2, 0.25) is 0 Å². The van der Waals surface area contributed by atoms with Gasteiger partial charge in [-0.3, -0.25) is 4.79 Å². The minimum atomic E-state index is -4.49. The predicted molar refractivity (Wildman–Crippen MR) is 102 cm³/mol. The van der Waals surface area contributed by atoms with Crippen LogP contribution >= 0.6 is 0 Å². The molecule has 1 N–H and O–H groups in total. The summed E-state index contributed by atoms with van der Waals surface area (Å²) in [5, 5.41) is 10.6. The minimum Gasteiger partial charge on any atom is -0.322 e. The van der Waals surface area contributed by atoms with Gasteiger partial charge in [0.15, 0.2) is 0 Å². The van der Waals surface area contributed by atoms with Gasteiger partial charge in [0.2, 0.25) is 0 Å². The van der Waals surface area contributed by atoms with Crippen LogP contribution in [0.1, 0.15) is 36.1 Å². The Morgan fingerprint density at radius 1 is 1.07 bits per heavy atom. The first-order valence-electron chi connectivity index (χ1n) is 8.91. The third kappa shape index (κ3) is 3.65. The Kier molecular flexibility index (Phi) is 5.03. The molecule has 0 aliphatic carbocycles. The SMILES string of the molecule is CCc1cc2ccc(C(C)(C#N)Cc3ccccc3C(F)(F)F)cc2[nH]c1=O. The summed E-state index contributed by atoms with van der Waals surface area (Å²) in [6.45, 7) is 3.50. The lowest BCUT2D eigenvalue weighted by atomic mass is 9.77. The van der Waals surface area contributed by atoms with E-state index in [9.17, 15) is 23.2 Å². The number of aromatic amines is 1. The number of hydrogen-bond donors (Lipinski definition) is 1. The fourth-order valence-electron chi connectivity index (χ4n) is 3.39. The zero-order valence-electron chi connectivity index (χ0n) is 15.5. The number of H-pyrrole nitrogens is 1. The first kappa shape index (κ1) is 19.7. The first-order chi connectivity index (χ1) is 13.2. The molecule has 3 nitrogen and oxygen atoms in total. The Labute approximate surface area is 160 Å². The third-order valence-electron chi connectivity index (χ3n) is 5.05. The third-order valence-corrected chi connectivity index (χ3v) is 5.05. The van der Waals surface area contributed by atoms with Crippen molar-refractivity contribution in [3.8, 4) is 6.07 Å². The van der Waals surface area contributed by atoms with E-state index in [1.54, 1.807) is 31.2 Å². The number of fused-ring (bicyclic) bond motifs is 1. The summed E-state index contributed by atoms with van der Waals surface area (Å²) < 4.78 is 40.0. The molecule has 1 atom stereocenters. The molecule has 144 valence electrons. The first-order valence-corrected chi connectivity index (χ1v) is 8.91. The van der Waals surface area contributed by atoms with E-state index in [4.69, 9.17) is 0 Å².